The number of esters is 1. The highest BCUT2D eigenvalue weighted by Gasteiger charge is 2.24. The van der Waals surface area contributed by atoms with Crippen molar-refractivity contribution in [2.75, 3.05) is 6.61 Å². The van der Waals surface area contributed by atoms with Crippen LogP contribution in [0, 0.1) is 0 Å². The Morgan fingerprint density at radius 1 is 0.484 bits per heavy atom. The van der Waals surface area contributed by atoms with Crippen molar-refractivity contribution in [2.24, 2.45) is 0 Å². The molecule has 0 rings (SSSR count). The SMILES string of the molecule is CC\C=C/C=C/C=C/C=C\C=C\C=C\CCCC(CC(=O)NC(CO)C(O)CCCCCCCCCCCCCCC)OC(=O)CCCCCCCC/C=C/C=C/CCCCC. The van der Waals surface area contributed by atoms with Gasteiger partial charge in [-0.2, -0.15) is 0 Å². The molecule has 0 radical (unpaired) electrons. The van der Waals surface area contributed by atoms with Crippen LogP contribution in [0.1, 0.15) is 220 Å². The van der Waals surface area contributed by atoms with Crippen LogP contribution in [-0.4, -0.2) is 46.9 Å². The van der Waals surface area contributed by atoms with Crippen LogP contribution >= 0.6 is 0 Å². The second-order valence-corrected chi connectivity index (χ2v) is 17.0. The van der Waals surface area contributed by atoms with Crippen molar-refractivity contribution >= 4 is 11.9 Å². The van der Waals surface area contributed by atoms with E-state index in [9.17, 15) is 19.8 Å². The maximum atomic E-state index is 13.2. The molecule has 0 saturated carbocycles. The highest BCUT2D eigenvalue weighted by Crippen LogP contribution is 2.17. The smallest absolute Gasteiger partial charge is 0.306 e. The van der Waals surface area contributed by atoms with Crippen LogP contribution in [0.2, 0.25) is 0 Å². The highest BCUT2D eigenvalue weighted by atomic mass is 16.5. The third-order valence-corrected chi connectivity index (χ3v) is 11.1. The summed E-state index contributed by atoms with van der Waals surface area (Å²) in [4.78, 5) is 26.1. The van der Waals surface area contributed by atoms with Crippen LogP contribution in [-0.2, 0) is 14.3 Å². The molecule has 3 N–H and O–H groups in total. The van der Waals surface area contributed by atoms with Crippen LogP contribution in [0.4, 0.5) is 0 Å². The van der Waals surface area contributed by atoms with Crippen LogP contribution in [0.25, 0.3) is 0 Å². The average Bonchev–Trinajstić information content (AvgIpc) is 3.26. The number of unbranched alkanes of at least 4 members (excludes halogenated alkanes) is 22. The van der Waals surface area contributed by atoms with Gasteiger partial charge in [0.05, 0.1) is 25.2 Å². The molecule has 354 valence electrons. The number of hydrogen-bond acceptors (Lipinski definition) is 5. The number of aliphatic hydroxyl groups excluding tert-OH is 2. The Morgan fingerprint density at radius 2 is 0.887 bits per heavy atom. The lowest BCUT2D eigenvalue weighted by Crippen LogP contribution is -2.46. The second-order valence-electron chi connectivity index (χ2n) is 17.0. The number of aliphatic hydroxyl groups is 2. The van der Waals surface area contributed by atoms with Gasteiger partial charge in [-0.3, -0.25) is 9.59 Å². The summed E-state index contributed by atoms with van der Waals surface area (Å²) in [6.45, 7) is 6.28. The summed E-state index contributed by atoms with van der Waals surface area (Å²) >= 11 is 0. The topological polar surface area (TPSA) is 95.9 Å². The van der Waals surface area contributed by atoms with E-state index >= 15 is 0 Å². The summed E-state index contributed by atoms with van der Waals surface area (Å²) in [6.07, 6.45) is 64.6. The Kier molecular flexibility index (Phi) is 46.3. The monoisotopic (exact) mass is 862 g/mol. The van der Waals surface area contributed by atoms with E-state index in [0.717, 1.165) is 64.2 Å². The van der Waals surface area contributed by atoms with Crippen LogP contribution in [0.15, 0.2) is 97.2 Å². The fourth-order valence-corrected chi connectivity index (χ4v) is 7.22. The van der Waals surface area contributed by atoms with Crippen LogP contribution in [0.5, 0.6) is 0 Å². The Hall–Kier alpha value is -3.22. The molecule has 0 bridgehead atoms. The molecule has 0 heterocycles. The normalized spacial score (nSPS) is 14.1. The molecule has 0 saturated heterocycles. The average molecular weight is 862 g/mol. The molecule has 3 unspecified atom stereocenters. The molecule has 0 aromatic carbocycles. The molecule has 0 aromatic heterocycles. The summed E-state index contributed by atoms with van der Waals surface area (Å²) in [7, 11) is 0. The Balaban J connectivity index is 4.76. The quantitative estimate of drug-likeness (QED) is 0.0322. The molecule has 62 heavy (non-hydrogen) atoms. The van der Waals surface area contributed by atoms with Gasteiger partial charge in [-0.25, -0.2) is 0 Å². The second kappa shape index (κ2) is 48.8. The maximum absolute atomic E-state index is 13.2. The summed E-state index contributed by atoms with van der Waals surface area (Å²) in [5.41, 5.74) is 0. The zero-order valence-electron chi connectivity index (χ0n) is 40.2. The maximum Gasteiger partial charge on any atom is 0.306 e. The summed E-state index contributed by atoms with van der Waals surface area (Å²) in [6, 6.07) is -0.733. The van der Waals surface area contributed by atoms with Gasteiger partial charge in [-0.1, -0.05) is 240 Å². The number of carbonyl (C=O) groups is 2. The third-order valence-electron chi connectivity index (χ3n) is 11.1. The number of ether oxygens (including phenoxy) is 1. The zero-order valence-corrected chi connectivity index (χ0v) is 40.2. The van der Waals surface area contributed by atoms with Crippen molar-refractivity contribution in [2.45, 2.75) is 238 Å². The first-order valence-electron chi connectivity index (χ1n) is 25.6. The first-order valence-corrected chi connectivity index (χ1v) is 25.6. The van der Waals surface area contributed by atoms with Gasteiger partial charge in [-0.15, -0.1) is 0 Å². The predicted molar refractivity (Wildman–Crippen MR) is 268 cm³/mol. The van der Waals surface area contributed by atoms with Crippen molar-refractivity contribution in [3.8, 4) is 0 Å². The molecule has 6 heteroatoms. The molecular weight excluding hydrogens is 767 g/mol. The number of nitrogens with one attached hydrogen (secondary N) is 1. The molecule has 0 aliphatic rings. The Labute approximate surface area is 382 Å². The lowest BCUT2D eigenvalue weighted by molar-refractivity contribution is -0.151. The number of allylic oxidation sites excluding steroid dienone is 16. The molecule has 0 fully saturated rings. The molecule has 0 aliphatic carbocycles. The minimum Gasteiger partial charge on any atom is -0.462 e. The highest BCUT2D eigenvalue weighted by molar-refractivity contribution is 5.77. The fraction of sp³-hybridized carbons (Fsp3) is 0.679. The van der Waals surface area contributed by atoms with Gasteiger partial charge >= 0.3 is 5.97 Å². The van der Waals surface area contributed by atoms with E-state index in [4.69, 9.17) is 4.74 Å². The van der Waals surface area contributed by atoms with Crippen LogP contribution in [0.3, 0.4) is 0 Å². The first-order chi connectivity index (χ1) is 30.5. The van der Waals surface area contributed by atoms with Gasteiger partial charge in [0, 0.05) is 6.42 Å². The van der Waals surface area contributed by atoms with E-state index in [-0.39, 0.29) is 24.9 Å². The van der Waals surface area contributed by atoms with E-state index in [2.05, 4.69) is 62.5 Å². The number of hydrogen-bond donors (Lipinski definition) is 3. The number of carbonyl (C=O) groups excluding carboxylic acids is 2. The number of amides is 1. The fourth-order valence-electron chi connectivity index (χ4n) is 7.22. The molecular formula is C56H95NO5. The zero-order chi connectivity index (χ0) is 45.2. The predicted octanol–water partition coefficient (Wildman–Crippen LogP) is 15.3. The number of rotatable bonds is 44. The lowest BCUT2D eigenvalue weighted by atomic mass is 10.0. The lowest BCUT2D eigenvalue weighted by Gasteiger charge is -2.24. The van der Waals surface area contributed by atoms with E-state index in [1.165, 1.54) is 109 Å². The standard InChI is InChI=1S/C56H95NO5/c1-4-7-10-13-16-19-22-25-27-30-32-35-38-41-44-47-52(62-56(61)49-46-43-40-37-34-31-28-26-23-20-17-14-11-8-5-2)50-55(60)57-53(51-58)54(59)48-45-42-39-36-33-29-24-21-18-15-12-9-6-3/h7,10,13,16-17,19-20,22-23,25-27,30,32,35,38,52-54,58-59H,4-6,8-9,11-12,14-15,18,21,24,28-29,31,33-34,36-37,39-51H2,1-3H3,(H,57,60)/b10-7-,16-13+,20-17+,22-19+,26-23+,27-25-,32-30+,38-35+. The van der Waals surface area contributed by atoms with Crippen molar-refractivity contribution in [1.29, 1.82) is 0 Å². The summed E-state index contributed by atoms with van der Waals surface area (Å²) < 4.78 is 5.89. The minimum atomic E-state index is -0.815. The molecule has 3 atom stereocenters. The van der Waals surface area contributed by atoms with E-state index < -0.39 is 18.2 Å². The van der Waals surface area contributed by atoms with Crippen molar-refractivity contribution in [3.63, 3.8) is 0 Å². The summed E-state index contributed by atoms with van der Waals surface area (Å²) in [5.74, 6) is -0.569. The first kappa shape index (κ1) is 58.8. The molecule has 6 nitrogen and oxygen atoms in total. The van der Waals surface area contributed by atoms with Crippen molar-refractivity contribution in [3.05, 3.63) is 97.2 Å². The third kappa shape index (κ3) is 43.4. The van der Waals surface area contributed by atoms with E-state index in [1.54, 1.807) is 0 Å². The Morgan fingerprint density at radius 3 is 1.40 bits per heavy atom. The largest absolute Gasteiger partial charge is 0.462 e. The van der Waals surface area contributed by atoms with Gasteiger partial charge in [0.2, 0.25) is 5.91 Å². The minimum absolute atomic E-state index is 0.0167. The molecule has 0 aliphatic heterocycles. The van der Waals surface area contributed by atoms with E-state index in [0.29, 0.717) is 19.3 Å². The molecule has 1 amide bonds. The van der Waals surface area contributed by atoms with Gasteiger partial charge in [0.15, 0.2) is 0 Å². The molecule has 0 spiro atoms. The van der Waals surface area contributed by atoms with Gasteiger partial charge in [0.1, 0.15) is 6.10 Å². The van der Waals surface area contributed by atoms with E-state index in [1.807, 2.05) is 60.8 Å². The van der Waals surface area contributed by atoms with Gasteiger partial charge in [0.25, 0.3) is 0 Å². The molecule has 0 aromatic rings. The van der Waals surface area contributed by atoms with Crippen molar-refractivity contribution < 1.29 is 24.5 Å². The van der Waals surface area contributed by atoms with Crippen molar-refractivity contribution in [1.82, 2.24) is 5.32 Å². The van der Waals surface area contributed by atoms with Gasteiger partial charge < -0.3 is 20.3 Å². The Bertz CT molecular complexity index is 1240. The van der Waals surface area contributed by atoms with Gasteiger partial charge in [-0.05, 0) is 64.2 Å². The van der Waals surface area contributed by atoms with Crippen LogP contribution < -0.4 is 5.32 Å². The summed E-state index contributed by atoms with van der Waals surface area (Å²) in [5, 5.41) is 23.7.